The molecule has 7 nitrogen and oxygen atoms in total. The van der Waals surface area contributed by atoms with Gasteiger partial charge in [0, 0.05) is 11.8 Å². The number of rotatable bonds is 6. The monoisotopic (exact) mass is 324 g/mol. The standard InChI is InChI=1S/C14H13ClN2O5/c15-8-3-1-2-7-6-10(16-12(7)8)13(20)17-9(14(21)22)4-5-11(18)19/h1-3,6,9,16H,4-5H2,(H,17,20)(H,18,19)(H,21,22). The number of hydrogen-bond donors (Lipinski definition) is 4. The molecule has 0 aliphatic heterocycles. The number of carboxylic acid groups (broad SMARTS) is 2. The van der Waals surface area contributed by atoms with Crippen LogP contribution in [-0.4, -0.2) is 39.1 Å². The summed E-state index contributed by atoms with van der Waals surface area (Å²) in [6, 6.07) is 5.42. The van der Waals surface area contributed by atoms with Gasteiger partial charge in [0.05, 0.1) is 10.5 Å². The van der Waals surface area contributed by atoms with Crippen molar-refractivity contribution in [1.82, 2.24) is 10.3 Å². The topological polar surface area (TPSA) is 119 Å². The Labute approximate surface area is 129 Å². The quantitative estimate of drug-likeness (QED) is 0.646. The first-order valence-corrected chi connectivity index (χ1v) is 6.79. The second kappa shape index (κ2) is 6.48. The third kappa shape index (κ3) is 3.56. The average molecular weight is 325 g/mol. The Hall–Kier alpha value is -2.54. The molecule has 116 valence electrons. The molecule has 4 N–H and O–H groups in total. The van der Waals surface area contributed by atoms with Gasteiger partial charge in [-0.05, 0) is 18.6 Å². The molecule has 0 saturated heterocycles. The molecular weight excluding hydrogens is 312 g/mol. The SMILES string of the molecule is O=C(O)CCC(NC(=O)c1cc2cccc(Cl)c2[nH]1)C(=O)O. The first kappa shape index (κ1) is 15.8. The molecular formula is C14H13ClN2O5. The van der Waals surface area contributed by atoms with Gasteiger partial charge in [-0.25, -0.2) is 4.79 Å². The highest BCUT2D eigenvalue weighted by Gasteiger charge is 2.22. The van der Waals surface area contributed by atoms with Crippen LogP contribution in [-0.2, 0) is 9.59 Å². The maximum absolute atomic E-state index is 12.1. The number of carbonyl (C=O) groups is 3. The highest BCUT2D eigenvalue weighted by Crippen LogP contribution is 2.23. The van der Waals surface area contributed by atoms with Crippen molar-refractivity contribution in [3.05, 3.63) is 35.0 Å². The summed E-state index contributed by atoms with van der Waals surface area (Å²) in [5, 5.41) is 21.1. The number of aromatic amines is 1. The molecule has 1 aromatic heterocycles. The molecule has 0 aliphatic rings. The summed E-state index contributed by atoms with van der Waals surface area (Å²) in [6.45, 7) is 0. The smallest absolute Gasteiger partial charge is 0.326 e. The summed E-state index contributed by atoms with van der Waals surface area (Å²) in [7, 11) is 0. The van der Waals surface area contributed by atoms with Crippen molar-refractivity contribution in [3.63, 3.8) is 0 Å². The summed E-state index contributed by atoms with van der Waals surface area (Å²) in [6.07, 6.45) is -0.548. The number of aliphatic carboxylic acids is 2. The Balaban J connectivity index is 2.16. The van der Waals surface area contributed by atoms with E-state index in [1.807, 2.05) is 0 Å². The van der Waals surface area contributed by atoms with Crippen LogP contribution < -0.4 is 5.32 Å². The lowest BCUT2D eigenvalue weighted by molar-refractivity contribution is -0.140. The van der Waals surface area contributed by atoms with Crippen LogP contribution >= 0.6 is 11.6 Å². The summed E-state index contributed by atoms with van der Waals surface area (Å²) >= 11 is 5.99. The molecule has 1 amide bonds. The van der Waals surface area contributed by atoms with Crippen molar-refractivity contribution < 1.29 is 24.6 Å². The molecule has 1 unspecified atom stereocenters. The number of nitrogens with one attached hydrogen (secondary N) is 2. The fourth-order valence-electron chi connectivity index (χ4n) is 2.00. The van der Waals surface area contributed by atoms with Crippen LogP contribution in [0, 0.1) is 0 Å². The minimum absolute atomic E-state index is 0.157. The van der Waals surface area contributed by atoms with E-state index in [1.165, 1.54) is 0 Å². The molecule has 8 heteroatoms. The number of carbonyl (C=O) groups excluding carboxylic acids is 1. The molecule has 2 aromatic rings. The number of amides is 1. The molecule has 0 bridgehead atoms. The second-order valence-electron chi connectivity index (χ2n) is 4.68. The Kier molecular flexibility index (Phi) is 4.67. The minimum atomic E-state index is -1.29. The molecule has 0 spiro atoms. The van der Waals surface area contributed by atoms with Gasteiger partial charge >= 0.3 is 11.9 Å². The number of aromatic nitrogens is 1. The van der Waals surface area contributed by atoms with Gasteiger partial charge in [0.25, 0.3) is 5.91 Å². The number of hydrogen-bond acceptors (Lipinski definition) is 3. The zero-order valence-corrected chi connectivity index (χ0v) is 12.1. The highest BCUT2D eigenvalue weighted by atomic mass is 35.5. The zero-order valence-electron chi connectivity index (χ0n) is 11.3. The molecule has 0 radical (unpaired) electrons. The van der Waals surface area contributed by atoms with Gasteiger partial charge in [0.15, 0.2) is 0 Å². The predicted octanol–water partition coefficient (Wildman–Crippen LogP) is 1.87. The van der Waals surface area contributed by atoms with Gasteiger partial charge in [0.1, 0.15) is 11.7 Å². The van der Waals surface area contributed by atoms with E-state index in [0.717, 1.165) is 5.39 Å². The summed E-state index contributed by atoms with van der Waals surface area (Å²) in [5.41, 5.74) is 0.733. The Morgan fingerprint density at radius 2 is 2.00 bits per heavy atom. The van der Waals surface area contributed by atoms with E-state index < -0.39 is 23.9 Å². The van der Waals surface area contributed by atoms with Crippen molar-refractivity contribution in [2.75, 3.05) is 0 Å². The average Bonchev–Trinajstić information content (AvgIpc) is 2.88. The number of fused-ring (bicyclic) bond motifs is 1. The number of halogens is 1. The Morgan fingerprint density at radius 1 is 1.27 bits per heavy atom. The first-order valence-electron chi connectivity index (χ1n) is 6.41. The summed E-state index contributed by atoms with van der Waals surface area (Å²) in [4.78, 5) is 36.5. The lowest BCUT2D eigenvalue weighted by Crippen LogP contribution is -2.41. The van der Waals surface area contributed by atoms with Crippen LogP contribution in [0.2, 0.25) is 5.02 Å². The van der Waals surface area contributed by atoms with Crippen molar-refractivity contribution >= 4 is 40.3 Å². The van der Waals surface area contributed by atoms with Gasteiger partial charge in [-0.1, -0.05) is 23.7 Å². The lowest BCUT2D eigenvalue weighted by Gasteiger charge is -2.12. The Bertz CT molecular complexity index is 740. The van der Waals surface area contributed by atoms with Crippen LogP contribution in [0.25, 0.3) is 10.9 Å². The van der Waals surface area contributed by atoms with Gasteiger partial charge < -0.3 is 20.5 Å². The van der Waals surface area contributed by atoms with Crippen molar-refractivity contribution in [1.29, 1.82) is 0 Å². The van der Waals surface area contributed by atoms with Crippen molar-refractivity contribution in [3.8, 4) is 0 Å². The first-order chi connectivity index (χ1) is 10.4. The molecule has 22 heavy (non-hydrogen) atoms. The maximum atomic E-state index is 12.1. The molecule has 1 aromatic carbocycles. The van der Waals surface area contributed by atoms with Gasteiger partial charge in [-0.3, -0.25) is 9.59 Å². The van der Waals surface area contributed by atoms with E-state index in [1.54, 1.807) is 24.3 Å². The van der Waals surface area contributed by atoms with Crippen LogP contribution in [0.5, 0.6) is 0 Å². The molecule has 1 heterocycles. The van der Waals surface area contributed by atoms with Crippen LogP contribution in [0.4, 0.5) is 0 Å². The van der Waals surface area contributed by atoms with Crippen LogP contribution in [0.1, 0.15) is 23.3 Å². The lowest BCUT2D eigenvalue weighted by atomic mass is 10.1. The molecule has 0 saturated carbocycles. The van der Waals surface area contributed by atoms with Gasteiger partial charge in [-0.15, -0.1) is 0 Å². The van der Waals surface area contributed by atoms with Gasteiger partial charge in [0.2, 0.25) is 0 Å². The summed E-state index contributed by atoms with van der Waals surface area (Å²) in [5.74, 6) is -3.05. The number of H-pyrrole nitrogens is 1. The summed E-state index contributed by atoms with van der Waals surface area (Å²) < 4.78 is 0. The van der Waals surface area contributed by atoms with Crippen LogP contribution in [0.15, 0.2) is 24.3 Å². The minimum Gasteiger partial charge on any atom is -0.481 e. The zero-order chi connectivity index (χ0) is 16.3. The third-order valence-corrected chi connectivity index (χ3v) is 3.42. The fourth-order valence-corrected chi connectivity index (χ4v) is 2.23. The number of benzene rings is 1. The highest BCUT2D eigenvalue weighted by molar-refractivity contribution is 6.35. The van der Waals surface area contributed by atoms with E-state index >= 15 is 0 Å². The van der Waals surface area contributed by atoms with E-state index in [2.05, 4.69) is 10.3 Å². The molecule has 0 aliphatic carbocycles. The normalized spacial score (nSPS) is 12.0. The number of carboxylic acids is 2. The number of para-hydroxylation sites is 1. The molecule has 0 fully saturated rings. The van der Waals surface area contributed by atoms with E-state index in [4.69, 9.17) is 21.8 Å². The Morgan fingerprint density at radius 3 is 2.59 bits per heavy atom. The van der Waals surface area contributed by atoms with Crippen LogP contribution in [0.3, 0.4) is 0 Å². The van der Waals surface area contributed by atoms with Gasteiger partial charge in [-0.2, -0.15) is 0 Å². The fraction of sp³-hybridized carbons (Fsp3) is 0.214. The van der Waals surface area contributed by atoms with E-state index in [9.17, 15) is 14.4 Å². The van der Waals surface area contributed by atoms with E-state index in [0.29, 0.717) is 10.5 Å². The molecule has 2 rings (SSSR count). The largest absolute Gasteiger partial charge is 0.481 e. The maximum Gasteiger partial charge on any atom is 0.326 e. The predicted molar refractivity (Wildman–Crippen MR) is 79.1 cm³/mol. The second-order valence-corrected chi connectivity index (χ2v) is 5.09. The van der Waals surface area contributed by atoms with Crippen molar-refractivity contribution in [2.24, 2.45) is 0 Å². The third-order valence-electron chi connectivity index (χ3n) is 3.10. The molecule has 1 atom stereocenters. The van der Waals surface area contributed by atoms with E-state index in [-0.39, 0.29) is 18.5 Å². The van der Waals surface area contributed by atoms with Crippen molar-refractivity contribution in [2.45, 2.75) is 18.9 Å².